The number of carbonyl (C=O) groups excluding carboxylic acids is 1. The third-order valence-electron chi connectivity index (χ3n) is 26.3. The number of hydrogen-bond donors (Lipinski definition) is 5. The summed E-state index contributed by atoms with van der Waals surface area (Å²) in [6.45, 7) is 11.7. The molecule has 0 aromatic carbocycles. The van der Waals surface area contributed by atoms with E-state index in [1.54, 1.807) is 76.1 Å². The van der Waals surface area contributed by atoms with Crippen LogP contribution in [0.1, 0.15) is 153 Å². The van der Waals surface area contributed by atoms with Crippen LogP contribution in [0.4, 0.5) is 34.9 Å². The number of fused-ring (bicyclic) bond motifs is 6. The second-order valence-corrected chi connectivity index (χ2v) is 34.9. The maximum absolute atomic E-state index is 13.9. The summed E-state index contributed by atoms with van der Waals surface area (Å²) in [5.74, 6) is 1.66. The van der Waals surface area contributed by atoms with Gasteiger partial charge in [0.25, 0.3) is 0 Å². The highest BCUT2D eigenvalue weighted by atomic mass is 16.6. The lowest BCUT2D eigenvalue weighted by Crippen LogP contribution is -2.61. The summed E-state index contributed by atoms with van der Waals surface area (Å²) in [6.07, 6.45) is 29.5. The number of esters is 1. The molecule has 564 valence electrons. The first-order valence-electron chi connectivity index (χ1n) is 37.8. The number of imidazole rings is 3. The molecule has 6 atom stereocenters. The fourth-order valence-corrected chi connectivity index (χ4v) is 23.0. The van der Waals surface area contributed by atoms with Crippen LogP contribution < -0.4 is 33.0 Å². The Balaban J connectivity index is 0.000000111. The van der Waals surface area contributed by atoms with Gasteiger partial charge in [-0.25, -0.2) is 57.8 Å². The van der Waals surface area contributed by atoms with Gasteiger partial charge < -0.3 is 30.9 Å². The molecular weight excluding hydrogens is 1390 g/mol. The van der Waals surface area contributed by atoms with Gasteiger partial charge in [0, 0.05) is 21.1 Å². The Morgan fingerprint density at radius 1 is 0.440 bits per heavy atom. The summed E-state index contributed by atoms with van der Waals surface area (Å²) in [5.41, 5.74) is 6.63. The van der Waals surface area contributed by atoms with Crippen LogP contribution in [-0.2, 0) is 56.9 Å². The Morgan fingerprint density at radius 2 is 0.725 bits per heavy atom. The topological polar surface area (TPSA) is 386 Å². The molecule has 12 aromatic rings. The Hall–Kier alpha value is -11.3. The summed E-state index contributed by atoms with van der Waals surface area (Å²) in [6, 6.07) is 5.79. The number of aliphatic carboxylic acids is 2. The van der Waals surface area contributed by atoms with Crippen LogP contribution in [0.25, 0.3) is 50.4 Å². The van der Waals surface area contributed by atoms with Crippen LogP contribution in [0.15, 0.2) is 88.7 Å². The number of nitrogens with one attached hydrogen (secondary N) is 3. The Labute approximate surface area is 621 Å². The van der Waals surface area contributed by atoms with E-state index >= 15 is 0 Å². The van der Waals surface area contributed by atoms with Crippen molar-refractivity contribution in [3.8, 4) is 0 Å². The molecule has 0 spiro atoms. The Kier molecular flexibility index (Phi) is 14.8. The van der Waals surface area contributed by atoms with Crippen LogP contribution in [0, 0.1) is 72.5 Å². The van der Waals surface area contributed by atoms with Gasteiger partial charge in [-0.3, -0.25) is 41.8 Å². The second kappa shape index (κ2) is 23.6. The number of aromatic nitrogens is 21. The smallest absolute Gasteiger partial charge is 0.330 e. The van der Waals surface area contributed by atoms with Gasteiger partial charge in [-0.1, -0.05) is 0 Å². The normalized spacial score (nSPS) is 28.8. The van der Waals surface area contributed by atoms with Gasteiger partial charge in [0.05, 0.1) is 87.1 Å². The molecule has 12 bridgehead atoms. The second-order valence-electron chi connectivity index (χ2n) is 34.9. The van der Waals surface area contributed by atoms with Crippen LogP contribution in [0.2, 0.25) is 0 Å². The first-order chi connectivity index (χ1) is 52.0. The van der Waals surface area contributed by atoms with Gasteiger partial charge >= 0.3 is 35.0 Å². The molecule has 33 heteroatoms. The fourth-order valence-electron chi connectivity index (χ4n) is 23.0. The van der Waals surface area contributed by atoms with Crippen molar-refractivity contribution in [2.75, 3.05) is 16.0 Å². The Morgan fingerprint density at radius 3 is 1.01 bits per heavy atom. The highest BCUT2D eigenvalue weighted by molar-refractivity contribution is 5.81. The van der Waals surface area contributed by atoms with Crippen molar-refractivity contribution in [2.24, 2.45) is 72.9 Å². The van der Waals surface area contributed by atoms with Gasteiger partial charge in [-0.15, -0.1) is 0 Å². The molecule has 33 nitrogen and oxygen atoms in total. The molecule has 12 heterocycles. The summed E-state index contributed by atoms with van der Waals surface area (Å²) in [7, 11) is 5.23. The molecule has 6 unspecified atom stereocenters. The Bertz CT molecular complexity index is 5780. The van der Waals surface area contributed by atoms with E-state index in [-0.39, 0.29) is 23.0 Å². The monoisotopic (exact) mass is 1480 g/mol. The van der Waals surface area contributed by atoms with E-state index < -0.39 is 50.4 Å². The number of rotatable bonds is 12. The number of nitrogens with zero attached hydrogens (tertiary/aromatic N) is 21. The average Bonchev–Trinajstić information content (AvgIpc) is 1.68. The van der Waals surface area contributed by atoms with Crippen molar-refractivity contribution in [1.82, 2.24) is 101 Å². The third kappa shape index (κ3) is 10.7. The maximum atomic E-state index is 13.9. The first kappa shape index (κ1) is 68.3. The molecule has 12 aliphatic carbocycles. The molecule has 12 fully saturated rings. The summed E-state index contributed by atoms with van der Waals surface area (Å²) < 4.78 is 21.3. The predicted molar refractivity (Wildman–Crippen MR) is 398 cm³/mol. The number of anilines is 6. The standard InChI is InChI=1S/C28H34N8O3.2C24H26N8O3/c1-16-6-21-30-15-31-35(21)13-19(16)32-24-29-12-20-22(33-24)36(25(38)34(20)5)28-10-17-7-18(11-28)9-27(8-17,14-28)23(37)39-26(2,3)4;2*1-13-3-18-26-12-27-31(18)10-16(13)28-21-25-9-17-19(29-21)32(22(35)30(17)2)24-7-14-4-15(8-24)6-23(5-14,11-24)20(33)34/h6,12-13,15,17-18H,7-11,14H2,1-5H3,(H,29,32,33);2*3,9-10,12,14-15H,4-8,11H2,1-2H3,(H,33,34)(H,25,28,29). The molecule has 12 aromatic heterocycles. The van der Waals surface area contributed by atoms with E-state index in [2.05, 4.69) is 61.2 Å². The fraction of sp³-hybridized carbons (Fsp3) is 0.526. The lowest BCUT2D eigenvalue weighted by molar-refractivity contribution is -0.189. The van der Waals surface area contributed by atoms with Crippen molar-refractivity contribution >= 4 is 103 Å². The number of pyridine rings is 3. The van der Waals surface area contributed by atoms with Gasteiger partial charge in [-0.2, -0.15) is 30.2 Å². The maximum Gasteiger partial charge on any atom is 0.330 e. The van der Waals surface area contributed by atoms with Crippen molar-refractivity contribution in [3.63, 3.8) is 0 Å². The number of ether oxygens (including phenoxy) is 1. The van der Waals surface area contributed by atoms with E-state index in [0.717, 1.165) is 121 Å². The average molecular weight is 1480 g/mol. The van der Waals surface area contributed by atoms with Crippen LogP contribution in [0.5, 0.6) is 0 Å². The van der Waals surface area contributed by atoms with Crippen molar-refractivity contribution in [2.45, 2.75) is 179 Å². The first-order valence-corrected chi connectivity index (χ1v) is 37.8. The lowest BCUT2D eigenvalue weighted by atomic mass is 9.46. The molecule has 0 amide bonds. The van der Waals surface area contributed by atoms with E-state index in [0.29, 0.717) is 132 Å². The minimum Gasteiger partial charge on any atom is -0.481 e. The SMILES string of the molecule is Cc1cc2ncnn2cc1Nc1ncc2c(n1)n(C13CC4CC(CC(C(=O)O)(C4)C1)C3)c(=O)n2C.Cc1cc2ncnn2cc1Nc1ncc2c(n1)n(C13CC4CC(CC(C(=O)O)(C4)C1)C3)c(=O)n2C.Cc1cc2ncnn2cc1Nc1ncc2c(n1)n(C13CC4CC(CC(C(=O)OC(C)(C)C)(C4)C1)C3)c(=O)n2C. The number of hydrogen-bond acceptors (Lipinski definition) is 22. The molecule has 0 saturated heterocycles. The molecular formula is C76H86N24O9. The molecule has 12 aliphatic rings. The zero-order chi connectivity index (χ0) is 75.5. The van der Waals surface area contributed by atoms with E-state index in [1.165, 1.54) is 19.0 Å². The lowest BCUT2D eigenvalue weighted by Gasteiger charge is -2.61. The van der Waals surface area contributed by atoms with Gasteiger partial charge in [0.2, 0.25) is 17.8 Å². The number of carbonyl (C=O) groups is 3. The zero-order valence-corrected chi connectivity index (χ0v) is 62.3. The van der Waals surface area contributed by atoms with Crippen LogP contribution >= 0.6 is 0 Å². The highest BCUT2D eigenvalue weighted by Gasteiger charge is 2.66. The highest BCUT2D eigenvalue weighted by Crippen LogP contribution is 2.67. The van der Waals surface area contributed by atoms with Gasteiger partial charge in [0.15, 0.2) is 33.9 Å². The van der Waals surface area contributed by atoms with E-state index in [9.17, 15) is 39.0 Å². The van der Waals surface area contributed by atoms with Crippen molar-refractivity contribution in [3.05, 3.63) is 123 Å². The molecule has 5 N–H and O–H groups in total. The number of aryl methyl sites for hydroxylation is 6. The molecule has 109 heavy (non-hydrogen) atoms. The minimum absolute atomic E-state index is 0.113. The summed E-state index contributed by atoms with van der Waals surface area (Å²) in [4.78, 5) is 120. The van der Waals surface area contributed by atoms with Crippen molar-refractivity contribution < 1.29 is 29.3 Å². The minimum atomic E-state index is -0.746. The van der Waals surface area contributed by atoms with E-state index in [4.69, 9.17) is 19.7 Å². The summed E-state index contributed by atoms with van der Waals surface area (Å²) >= 11 is 0. The van der Waals surface area contributed by atoms with Gasteiger partial charge in [0.1, 0.15) is 41.1 Å². The quantitative estimate of drug-likeness (QED) is 0.0711. The van der Waals surface area contributed by atoms with Crippen molar-refractivity contribution in [1.29, 1.82) is 0 Å². The van der Waals surface area contributed by atoms with Crippen LogP contribution in [-0.4, -0.2) is 135 Å². The molecule has 0 aliphatic heterocycles. The zero-order valence-electron chi connectivity index (χ0n) is 62.3. The molecule has 24 rings (SSSR count). The third-order valence-corrected chi connectivity index (χ3v) is 26.3. The largest absolute Gasteiger partial charge is 0.481 e. The van der Waals surface area contributed by atoms with Crippen LogP contribution in [0.3, 0.4) is 0 Å². The predicted octanol–water partition coefficient (Wildman–Crippen LogP) is 9.07. The van der Waals surface area contributed by atoms with E-state index in [1.807, 2.05) is 82.9 Å². The summed E-state index contributed by atoms with van der Waals surface area (Å²) in [5, 5.41) is 42.8. The number of carboxylic acid groups (broad SMARTS) is 2. The number of carboxylic acids is 2. The molecule has 0 radical (unpaired) electrons. The van der Waals surface area contributed by atoms with Gasteiger partial charge in [-0.05, 0) is 228 Å². The molecule has 12 saturated carbocycles.